The third kappa shape index (κ3) is 4.57. The molecule has 1 aromatic carbocycles. The van der Waals surface area contributed by atoms with Crippen molar-refractivity contribution in [3.63, 3.8) is 0 Å². The van der Waals surface area contributed by atoms with Crippen LogP contribution in [-0.2, 0) is 11.3 Å². The average molecular weight is 435 g/mol. The van der Waals surface area contributed by atoms with Crippen molar-refractivity contribution in [2.45, 2.75) is 43.9 Å². The summed E-state index contributed by atoms with van der Waals surface area (Å²) in [5.41, 5.74) is 0.991. The Bertz CT molecular complexity index is 774. The van der Waals surface area contributed by atoms with Crippen LogP contribution in [0.5, 0.6) is 0 Å². The molecule has 1 aliphatic heterocycles. The fraction of sp³-hybridized carbons (Fsp3) is 0.421. The van der Waals surface area contributed by atoms with Crippen molar-refractivity contribution < 1.29 is 4.79 Å². The van der Waals surface area contributed by atoms with Crippen molar-refractivity contribution in [1.82, 2.24) is 19.7 Å². The first-order valence-electron chi connectivity index (χ1n) is 8.82. The first-order valence-corrected chi connectivity index (χ1v) is 10.6. The van der Waals surface area contributed by atoms with E-state index in [9.17, 15) is 4.79 Å². The van der Waals surface area contributed by atoms with E-state index in [-0.39, 0.29) is 5.91 Å². The SMILES string of the molecule is C=CCn1nc(SCC(=O)N2CCCCC2C)nc1-c1ccc(Br)cc1. The van der Waals surface area contributed by atoms with Crippen molar-refractivity contribution in [3.8, 4) is 11.4 Å². The molecule has 0 radical (unpaired) electrons. The Morgan fingerprint density at radius 1 is 1.38 bits per heavy atom. The number of hydrogen-bond acceptors (Lipinski definition) is 4. The molecule has 7 heteroatoms. The summed E-state index contributed by atoms with van der Waals surface area (Å²) in [5, 5.41) is 5.18. The molecule has 0 N–H and O–H groups in total. The number of carbonyl (C=O) groups is 1. The second-order valence-electron chi connectivity index (χ2n) is 6.42. The van der Waals surface area contributed by atoms with Crippen LogP contribution < -0.4 is 0 Å². The van der Waals surface area contributed by atoms with Gasteiger partial charge >= 0.3 is 0 Å². The molecule has 0 bridgehead atoms. The van der Waals surface area contributed by atoms with Crippen LogP contribution in [0.3, 0.4) is 0 Å². The van der Waals surface area contributed by atoms with Crippen LogP contribution in [0.1, 0.15) is 26.2 Å². The predicted octanol–water partition coefficient (Wildman–Crippen LogP) is 4.39. The standard InChI is InChI=1S/C19H23BrN4OS/c1-3-11-24-18(15-7-9-16(20)10-8-15)21-19(22-24)26-13-17(25)23-12-5-4-6-14(23)2/h3,7-10,14H,1,4-6,11-13H2,2H3. The van der Waals surface area contributed by atoms with Gasteiger partial charge in [-0.1, -0.05) is 45.9 Å². The highest BCUT2D eigenvalue weighted by molar-refractivity contribution is 9.10. The number of halogens is 1. The fourth-order valence-electron chi connectivity index (χ4n) is 3.12. The number of benzene rings is 1. The van der Waals surface area contributed by atoms with Gasteiger partial charge in [-0.2, -0.15) is 0 Å². The van der Waals surface area contributed by atoms with Crippen molar-refractivity contribution in [2.75, 3.05) is 12.3 Å². The minimum Gasteiger partial charge on any atom is -0.339 e. The van der Waals surface area contributed by atoms with Gasteiger partial charge in [0.05, 0.1) is 12.3 Å². The van der Waals surface area contributed by atoms with Crippen molar-refractivity contribution >= 4 is 33.6 Å². The molecule has 1 aromatic heterocycles. The highest BCUT2D eigenvalue weighted by Crippen LogP contribution is 2.25. The van der Waals surface area contributed by atoms with Crippen LogP contribution in [0.15, 0.2) is 46.5 Å². The van der Waals surface area contributed by atoms with E-state index in [1.165, 1.54) is 18.2 Å². The summed E-state index contributed by atoms with van der Waals surface area (Å²) in [6, 6.07) is 8.31. The zero-order chi connectivity index (χ0) is 18.5. The summed E-state index contributed by atoms with van der Waals surface area (Å²) in [6.45, 7) is 7.37. The molecule has 0 aliphatic carbocycles. The van der Waals surface area contributed by atoms with E-state index in [2.05, 4.69) is 39.5 Å². The zero-order valence-electron chi connectivity index (χ0n) is 14.9. The lowest BCUT2D eigenvalue weighted by molar-refractivity contribution is -0.131. The molecule has 0 saturated carbocycles. The van der Waals surface area contributed by atoms with Crippen molar-refractivity contribution in [2.24, 2.45) is 0 Å². The lowest BCUT2D eigenvalue weighted by Crippen LogP contribution is -2.42. The van der Waals surface area contributed by atoms with Gasteiger partial charge < -0.3 is 4.90 Å². The van der Waals surface area contributed by atoms with E-state index in [0.29, 0.717) is 23.5 Å². The summed E-state index contributed by atoms with van der Waals surface area (Å²) < 4.78 is 2.85. The molecule has 2 aromatic rings. The lowest BCUT2D eigenvalue weighted by Gasteiger charge is -2.33. The third-order valence-corrected chi connectivity index (χ3v) is 5.86. The molecule has 2 heterocycles. The van der Waals surface area contributed by atoms with Gasteiger partial charge in [0.15, 0.2) is 5.82 Å². The molecular formula is C19H23BrN4OS. The molecule has 26 heavy (non-hydrogen) atoms. The zero-order valence-corrected chi connectivity index (χ0v) is 17.3. The average Bonchev–Trinajstić information content (AvgIpc) is 3.04. The van der Waals surface area contributed by atoms with Crippen LogP contribution in [0.2, 0.25) is 0 Å². The van der Waals surface area contributed by atoms with Gasteiger partial charge in [0.1, 0.15) is 0 Å². The van der Waals surface area contributed by atoms with Gasteiger partial charge in [-0.3, -0.25) is 4.79 Å². The van der Waals surface area contributed by atoms with Crippen LogP contribution in [0.4, 0.5) is 0 Å². The summed E-state index contributed by atoms with van der Waals surface area (Å²) in [7, 11) is 0. The maximum Gasteiger partial charge on any atom is 0.233 e. The Labute approximate surface area is 167 Å². The number of thioether (sulfide) groups is 1. The van der Waals surface area contributed by atoms with Crippen LogP contribution in [-0.4, -0.2) is 43.9 Å². The molecule has 3 rings (SSSR count). The van der Waals surface area contributed by atoms with E-state index in [4.69, 9.17) is 0 Å². The molecule has 138 valence electrons. The smallest absolute Gasteiger partial charge is 0.233 e. The summed E-state index contributed by atoms with van der Waals surface area (Å²) in [6.07, 6.45) is 5.20. The van der Waals surface area contributed by atoms with E-state index in [1.54, 1.807) is 6.08 Å². The quantitative estimate of drug-likeness (QED) is 0.499. The second-order valence-corrected chi connectivity index (χ2v) is 8.27. The van der Waals surface area contributed by atoms with Gasteiger partial charge in [-0.15, -0.1) is 11.7 Å². The Balaban J connectivity index is 1.72. The Kier molecular flexibility index (Phi) is 6.53. The Morgan fingerprint density at radius 2 is 2.15 bits per heavy atom. The summed E-state index contributed by atoms with van der Waals surface area (Å²) >= 11 is 4.86. The van der Waals surface area contributed by atoms with E-state index in [1.807, 2.05) is 33.8 Å². The maximum absolute atomic E-state index is 12.5. The van der Waals surface area contributed by atoms with Crippen LogP contribution in [0.25, 0.3) is 11.4 Å². The molecule has 5 nitrogen and oxygen atoms in total. The number of piperidine rings is 1. The molecule has 1 saturated heterocycles. The minimum atomic E-state index is 0.174. The number of allylic oxidation sites excluding steroid dienone is 1. The van der Waals surface area contributed by atoms with E-state index in [0.717, 1.165) is 35.2 Å². The molecule has 1 atom stereocenters. The van der Waals surface area contributed by atoms with Crippen LogP contribution >= 0.6 is 27.7 Å². The monoisotopic (exact) mass is 434 g/mol. The van der Waals surface area contributed by atoms with Gasteiger partial charge in [0.2, 0.25) is 11.1 Å². The number of likely N-dealkylation sites (tertiary alicyclic amines) is 1. The van der Waals surface area contributed by atoms with Gasteiger partial charge in [0, 0.05) is 22.6 Å². The van der Waals surface area contributed by atoms with Crippen molar-refractivity contribution in [1.29, 1.82) is 0 Å². The first kappa shape index (κ1) is 19.2. The minimum absolute atomic E-state index is 0.174. The first-order chi connectivity index (χ1) is 12.6. The Morgan fingerprint density at radius 3 is 2.85 bits per heavy atom. The normalized spacial score (nSPS) is 17.3. The number of hydrogen-bond donors (Lipinski definition) is 0. The highest BCUT2D eigenvalue weighted by atomic mass is 79.9. The molecular weight excluding hydrogens is 412 g/mol. The molecule has 0 spiro atoms. The van der Waals surface area contributed by atoms with Crippen molar-refractivity contribution in [3.05, 3.63) is 41.4 Å². The van der Waals surface area contributed by atoms with Gasteiger partial charge in [-0.25, -0.2) is 9.67 Å². The Hall–Kier alpha value is -1.60. The largest absolute Gasteiger partial charge is 0.339 e. The number of nitrogens with zero attached hydrogens (tertiary/aromatic N) is 4. The molecule has 1 amide bonds. The molecule has 1 fully saturated rings. The van der Waals surface area contributed by atoms with E-state index < -0.39 is 0 Å². The van der Waals surface area contributed by atoms with Crippen LogP contribution in [0, 0.1) is 0 Å². The third-order valence-electron chi connectivity index (χ3n) is 4.50. The number of aromatic nitrogens is 3. The number of amides is 1. The highest BCUT2D eigenvalue weighted by Gasteiger charge is 2.23. The maximum atomic E-state index is 12.5. The van der Waals surface area contributed by atoms with E-state index >= 15 is 0 Å². The summed E-state index contributed by atoms with van der Waals surface area (Å²) in [5.74, 6) is 1.34. The second kappa shape index (κ2) is 8.86. The van der Waals surface area contributed by atoms with Gasteiger partial charge in [-0.05, 0) is 38.3 Å². The molecule has 1 unspecified atom stereocenters. The number of carbonyl (C=O) groups excluding carboxylic acids is 1. The molecule has 1 aliphatic rings. The van der Waals surface area contributed by atoms with Gasteiger partial charge in [0.25, 0.3) is 0 Å². The summed E-state index contributed by atoms with van der Waals surface area (Å²) in [4.78, 5) is 19.2. The number of rotatable bonds is 6. The topological polar surface area (TPSA) is 51.0 Å². The fourth-order valence-corrected chi connectivity index (χ4v) is 4.11. The predicted molar refractivity (Wildman–Crippen MR) is 109 cm³/mol. The lowest BCUT2D eigenvalue weighted by atomic mass is 10.0.